The van der Waals surface area contributed by atoms with Crippen molar-refractivity contribution < 1.29 is 9.59 Å². The largest absolute Gasteiger partial charge is 0.341 e. The Bertz CT molecular complexity index is 891. The fraction of sp³-hybridized carbons (Fsp3) is 0.304. The van der Waals surface area contributed by atoms with E-state index in [0.29, 0.717) is 42.5 Å². The molecule has 0 radical (unpaired) electrons. The molecule has 1 heterocycles. The van der Waals surface area contributed by atoms with Gasteiger partial charge in [-0.15, -0.1) is 0 Å². The Hall–Kier alpha value is -2.30. The van der Waals surface area contributed by atoms with Gasteiger partial charge in [-0.05, 0) is 36.1 Å². The van der Waals surface area contributed by atoms with Crippen molar-refractivity contribution in [2.75, 3.05) is 20.1 Å². The highest BCUT2D eigenvalue weighted by Gasteiger charge is 2.28. The van der Waals surface area contributed by atoms with Crippen LogP contribution >= 0.6 is 23.2 Å². The van der Waals surface area contributed by atoms with Crippen molar-refractivity contribution >= 4 is 41.1 Å². The zero-order chi connectivity index (χ0) is 20.8. The minimum absolute atomic E-state index is 0.0150. The van der Waals surface area contributed by atoms with Crippen LogP contribution in [0, 0.1) is 5.92 Å². The third kappa shape index (κ3) is 5.62. The Morgan fingerprint density at radius 1 is 1.07 bits per heavy atom. The van der Waals surface area contributed by atoms with Gasteiger partial charge in [0.1, 0.15) is 0 Å². The minimum atomic E-state index is -0.0832. The van der Waals surface area contributed by atoms with E-state index in [2.05, 4.69) is 0 Å². The molecule has 29 heavy (non-hydrogen) atoms. The van der Waals surface area contributed by atoms with E-state index < -0.39 is 0 Å². The summed E-state index contributed by atoms with van der Waals surface area (Å²) in [6, 6.07) is 15.2. The van der Waals surface area contributed by atoms with Gasteiger partial charge in [0.15, 0.2) is 0 Å². The molecule has 4 nitrogen and oxygen atoms in total. The maximum atomic E-state index is 12.8. The molecule has 6 heteroatoms. The topological polar surface area (TPSA) is 40.6 Å². The molecule has 0 spiro atoms. The Labute approximate surface area is 181 Å². The van der Waals surface area contributed by atoms with Gasteiger partial charge >= 0.3 is 0 Å². The lowest BCUT2D eigenvalue weighted by atomic mass is 9.95. The number of carbonyl (C=O) groups excluding carboxylic acids is 2. The summed E-state index contributed by atoms with van der Waals surface area (Å²) in [7, 11) is 1.78. The second kappa shape index (κ2) is 9.95. The first-order valence-electron chi connectivity index (χ1n) is 9.65. The summed E-state index contributed by atoms with van der Waals surface area (Å²) in [5, 5.41) is 0.972. The van der Waals surface area contributed by atoms with Crippen molar-refractivity contribution in [3.05, 3.63) is 75.8 Å². The van der Waals surface area contributed by atoms with Crippen molar-refractivity contribution in [3.8, 4) is 0 Å². The molecule has 1 aliphatic rings. The first kappa shape index (κ1) is 21.4. The fourth-order valence-electron chi connectivity index (χ4n) is 3.50. The molecular weight excluding hydrogens is 407 g/mol. The molecule has 1 aliphatic heterocycles. The summed E-state index contributed by atoms with van der Waals surface area (Å²) < 4.78 is 0. The van der Waals surface area contributed by atoms with Gasteiger partial charge < -0.3 is 9.80 Å². The van der Waals surface area contributed by atoms with Crippen molar-refractivity contribution in [1.82, 2.24) is 9.80 Å². The van der Waals surface area contributed by atoms with Crippen LogP contribution in [0.3, 0.4) is 0 Å². The molecule has 0 atom stereocenters. The van der Waals surface area contributed by atoms with Crippen molar-refractivity contribution in [3.63, 3.8) is 0 Å². The van der Waals surface area contributed by atoms with Gasteiger partial charge in [0, 0.05) is 38.7 Å². The maximum absolute atomic E-state index is 12.8. The summed E-state index contributed by atoms with van der Waals surface area (Å²) >= 11 is 12.3. The first-order valence-corrected chi connectivity index (χ1v) is 10.4. The van der Waals surface area contributed by atoms with Gasteiger partial charge in [0.2, 0.25) is 11.8 Å². The lowest BCUT2D eigenvalue weighted by Gasteiger charge is -2.32. The minimum Gasteiger partial charge on any atom is -0.341 e. The van der Waals surface area contributed by atoms with Gasteiger partial charge in [-0.1, -0.05) is 65.7 Å². The SMILES string of the molecule is CN(Cc1cccc(Cl)c1Cl)C(=O)C1CCN(C(=O)C=Cc2ccccc2)CC1. The van der Waals surface area contributed by atoms with Crippen molar-refractivity contribution in [2.24, 2.45) is 5.92 Å². The standard InChI is InChI=1S/C23H24Cl2N2O2/c1-26(16-19-8-5-9-20(24)22(19)25)23(29)18-12-14-27(15-13-18)21(28)11-10-17-6-3-2-4-7-17/h2-11,18H,12-16H2,1H3. The predicted octanol–water partition coefficient (Wildman–Crippen LogP) is 4.90. The molecule has 0 saturated carbocycles. The van der Waals surface area contributed by atoms with Gasteiger partial charge in [-0.25, -0.2) is 0 Å². The van der Waals surface area contributed by atoms with E-state index in [0.717, 1.165) is 11.1 Å². The van der Waals surface area contributed by atoms with E-state index in [-0.39, 0.29) is 17.7 Å². The Morgan fingerprint density at radius 3 is 2.45 bits per heavy atom. The molecule has 0 bridgehead atoms. The highest BCUT2D eigenvalue weighted by atomic mass is 35.5. The van der Waals surface area contributed by atoms with Crippen molar-refractivity contribution in [2.45, 2.75) is 19.4 Å². The molecule has 0 aliphatic carbocycles. The van der Waals surface area contributed by atoms with E-state index in [4.69, 9.17) is 23.2 Å². The van der Waals surface area contributed by atoms with Gasteiger partial charge in [0.05, 0.1) is 10.0 Å². The number of benzene rings is 2. The molecule has 2 aromatic carbocycles. The average molecular weight is 431 g/mol. The van der Waals surface area contributed by atoms with Crippen LogP contribution in [-0.2, 0) is 16.1 Å². The molecule has 1 fully saturated rings. The second-order valence-corrected chi connectivity index (χ2v) is 8.04. The zero-order valence-corrected chi connectivity index (χ0v) is 17.9. The summed E-state index contributed by atoms with van der Waals surface area (Å²) in [4.78, 5) is 28.7. The number of amides is 2. The molecule has 2 amide bonds. The van der Waals surface area contributed by atoms with Crippen LogP contribution in [0.5, 0.6) is 0 Å². The third-order valence-corrected chi connectivity index (χ3v) is 6.05. The molecule has 3 rings (SSSR count). The van der Waals surface area contributed by atoms with Crippen LogP contribution in [0.4, 0.5) is 0 Å². The number of hydrogen-bond acceptors (Lipinski definition) is 2. The molecule has 152 valence electrons. The average Bonchev–Trinajstić information content (AvgIpc) is 2.75. The van der Waals surface area contributed by atoms with Crippen LogP contribution in [0.15, 0.2) is 54.6 Å². The molecule has 1 saturated heterocycles. The molecule has 0 N–H and O–H groups in total. The smallest absolute Gasteiger partial charge is 0.246 e. The summed E-state index contributed by atoms with van der Waals surface area (Å²) in [5.41, 5.74) is 1.82. The monoisotopic (exact) mass is 430 g/mol. The molecular formula is C23H24Cl2N2O2. The highest BCUT2D eigenvalue weighted by molar-refractivity contribution is 6.42. The highest BCUT2D eigenvalue weighted by Crippen LogP contribution is 2.27. The fourth-order valence-corrected chi connectivity index (χ4v) is 3.88. The number of piperidine rings is 1. The van der Waals surface area contributed by atoms with Crippen LogP contribution in [0.1, 0.15) is 24.0 Å². The van der Waals surface area contributed by atoms with Crippen LogP contribution in [0.2, 0.25) is 10.0 Å². The van der Waals surface area contributed by atoms with Crippen molar-refractivity contribution in [1.29, 1.82) is 0 Å². The lowest BCUT2D eigenvalue weighted by molar-refractivity contribution is -0.138. The molecule has 0 unspecified atom stereocenters. The number of hydrogen-bond donors (Lipinski definition) is 0. The number of halogens is 2. The maximum Gasteiger partial charge on any atom is 0.246 e. The second-order valence-electron chi connectivity index (χ2n) is 7.25. The summed E-state index contributed by atoms with van der Waals surface area (Å²) in [6.07, 6.45) is 4.75. The number of nitrogens with zero attached hydrogens (tertiary/aromatic N) is 2. The first-order chi connectivity index (χ1) is 14.0. The van der Waals surface area contributed by atoms with E-state index in [1.807, 2.05) is 48.5 Å². The Balaban J connectivity index is 1.51. The van der Waals surface area contributed by atoms with Gasteiger partial charge in [-0.3, -0.25) is 9.59 Å². The Morgan fingerprint density at radius 2 is 1.76 bits per heavy atom. The zero-order valence-electron chi connectivity index (χ0n) is 16.4. The number of likely N-dealkylation sites (tertiary alicyclic amines) is 1. The predicted molar refractivity (Wildman–Crippen MR) is 118 cm³/mol. The van der Waals surface area contributed by atoms with Crippen LogP contribution in [0.25, 0.3) is 6.08 Å². The van der Waals surface area contributed by atoms with E-state index in [1.165, 1.54) is 0 Å². The normalized spacial score (nSPS) is 14.9. The van der Waals surface area contributed by atoms with Gasteiger partial charge in [0.25, 0.3) is 0 Å². The molecule has 2 aromatic rings. The lowest BCUT2D eigenvalue weighted by Crippen LogP contribution is -2.42. The number of rotatable bonds is 5. The number of carbonyl (C=O) groups is 2. The van der Waals surface area contributed by atoms with Crippen LogP contribution < -0.4 is 0 Å². The van der Waals surface area contributed by atoms with E-state index in [9.17, 15) is 9.59 Å². The van der Waals surface area contributed by atoms with Gasteiger partial charge in [-0.2, -0.15) is 0 Å². The quantitative estimate of drug-likeness (QED) is 0.632. The molecule has 0 aromatic heterocycles. The summed E-state index contributed by atoms with van der Waals surface area (Å²) in [5.74, 6) is -0.0214. The summed E-state index contributed by atoms with van der Waals surface area (Å²) in [6.45, 7) is 1.58. The Kier molecular flexibility index (Phi) is 7.34. The third-order valence-electron chi connectivity index (χ3n) is 5.19. The van der Waals surface area contributed by atoms with Crippen LogP contribution in [-0.4, -0.2) is 41.8 Å². The van der Waals surface area contributed by atoms with E-state index >= 15 is 0 Å². The van der Waals surface area contributed by atoms with E-state index in [1.54, 1.807) is 29.0 Å².